The Morgan fingerprint density at radius 3 is 2.48 bits per heavy atom. The molecule has 1 amide bonds. The van der Waals surface area contributed by atoms with Crippen LogP contribution in [-0.4, -0.2) is 34.5 Å². The van der Waals surface area contributed by atoms with Crippen LogP contribution in [0.25, 0.3) is 5.69 Å². The van der Waals surface area contributed by atoms with Crippen molar-refractivity contribution < 1.29 is 9.18 Å². The third-order valence-electron chi connectivity index (χ3n) is 5.35. The van der Waals surface area contributed by atoms with Crippen LogP contribution in [0.3, 0.4) is 0 Å². The molecular weight excluding hydrogens is 317 g/mol. The van der Waals surface area contributed by atoms with Crippen molar-refractivity contribution in [2.24, 2.45) is 11.1 Å². The standard InChI is InChI=1S/C20H26FN3O/c1-13-11-17(14(2)24(13)16-7-5-15(21)6-8-16)19(25)23-10-9-18(22)20(3,4)12-23/h5-8,11,18H,9-10,12,22H2,1-4H3. The van der Waals surface area contributed by atoms with Gasteiger partial charge < -0.3 is 15.2 Å². The van der Waals surface area contributed by atoms with Crippen LogP contribution in [0.2, 0.25) is 0 Å². The highest BCUT2D eigenvalue weighted by atomic mass is 19.1. The maximum absolute atomic E-state index is 13.2. The van der Waals surface area contributed by atoms with Crippen LogP contribution in [-0.2, 0) is 0 Å². The van der Waals surface area contributed by atoms with Crippen molar-refractivity contribution in [2.75, 3.05) is 13.1 Å². The Labute approximate surface area is 148 Å². The van der Waals surface area contributed by atoms with Gasteiger partial charge in [0.2, 0.25) is 0 Å². The predicted molar refractivity (Wildman–Crippen MR) is 97.5 cm³/mol. The Hall–Kier alpha value is -2.14. The first-order valence-corrected chi connectivity index (χ1v) is 8.70. The van der Waals surface area contributed by atoms with E-state index >= 15 is 0 Å². The van der Waals surface area contributed by atoms with Crippen molar-refractivity contribution in [3.63, 3.8) is 0 Å². The van der Waals surface area contributed by atoms with E-state index in [2.05, 4.69) is 13.8 Å². The van der Waals surface area contributed by atoms with E-state index in [-0.39, 0.29) is 23.2 Å². The summed E-state index contributed by atoms with van der Waals surface area (Å²) < 4.78 is 15.2. The molecule has 2 aromatic rings. The molecule has 2 heterocycles. The van der Waals surface area contributed by atoms with Crippen LogP contribution < -0.4 is 5.73 Å². The van der Waals surface area contributed by atoms with Crippen molar-refractivity contribution in [1.82, 2.24) is 9.47 Å². The van der Waals surface area contributed by atoms with E-state index in [4.69, 9.17) is 5.73 Å². The van der Waals surface area contributed by atoms with Crippen molar-refractivity contribution >= 4 is 5.91 Å². The first kappa shape index (κ1) is 17.7. The van der Waals surface area contributed by atoms with E-state index in [1.54, 1.807) is 12.1 Å². The second-order valence-corrected chi connectivity index (χ2v) is 7.71. The maximum Gasteiger partial charge on any atom is 0.255 e. The minimum Gasteiger partial charge on any atom is -0.338 e. The number of rotatable bonds is 2. The number of carbonyl (C=O) groups is 1. The molecule has 1 aromatic heterocycles. The topological polar surface area (TPSA) is 51.3 Å². The Morgan fingerprint density at radius 2 is 1.88 bits per heavy atom. The molecule has 5 heteroatoms. The number of piperidine rings is 1. The fourth-order valence-corrected chi connectivity index (χ4v) is 3.68. The fourth-order valence-electron chi connectivity index (χ4n) is 3.68. The molecule has 1 unspecified atom stereocenters. The molecule has 0 spiro atoms. The highest BCUT2D eigenvalue weighted by Gasteiger charge is 2.36. The minimum atomic E-state index is -0.269. The van der Waals surface area contributed by atoms with E-state index in [0.29, 0.717) is 18.7 Å². The molecule has 0 saturated carbocycles. The Kier molecular flexibility index (Phi) is 4.45. The molecule has 3 rings (SSSR count). The monoisotopic (exact) mass is 343 g/mol. The van der Waals surface area contributed by atoms with Gasteiger partial charge in [0.25, 0.3) is 5.91 Å². The van der Waals surface area contributed by atoms with Crippen molar-refractivity contribution in [3.05, 3.63) is 53.1 Å². The number of amides is 1. The van der Waals surface area contributed by atoms with Crippen LogP contribution >= 0.6 is 0 Å². The van der Waals surface area contributed by atoms with Gasteiger partial charge in [-0.25, -0.2) is 4.39 Å². The van der Waals surface area contributed by atoms with E-state index < -0.39 is 0 Å². The Bertz CT molecular complexity index is 792. The lowest BCUT2D eigenvalue weighted by molar-refractivity contribution is 0.0532. The van der Waals surface area contributed by atoms with E-state index in [1.165, 1.54) is 12.1 Å². The zero-order valence-electron chi connectivity index (χ0n) is 15.3. The summed E-state index contributed by atoms with van der Waals surface area (Å²) >= 11 is 0. The Balaban J connectivity index is 1.92. The summed E-state index contributed by atoms with van der Waals surface area (Å²) in [6.45, 7) is 9.46. The van der Waals surface area contributed by atoms with Gasteiger partial charge >= 0.3 is 0 Å². The number of benzene rings is 1. The quantitative estimate of drug-likeness (QED) is 0.908. The molecule has 0 radical (unpaired) electrons. The Morgan fingerprint density at radius 1 is 1.24 bits per heavy atom. The molecule has 1 aliphatic heterocycles. The normalized spacial score (nSPS) is 19.9. The molecule has 134 valence electrons. The zero-order chi connectivity index (χ0) is 18.4. The third-order valence-corrected chi connectivity index (χ3v) is 5.35. The second-order valence-electron chi connectivity index (χ2n) is 7.71. The number of halogens is 1. The average Bonchev–Trinajstić information content (AvgIpc) is 2.85. The fraction of sp³-hybridized carbons (Fsp3) is 0.450. The first-order chi connectivity index (χ1) is 11.7. The van der Waals surface area contributed by atoms with E-state index in [1.807, 2.05) is 29.4 Å². The molecule has 1 saturated heterocycles. The number of nitrogens with two attached hydrogens (primary N) is 1. The summed E-state index contributed by atoms with van der Waals surface area (Å²) in [4.78, 5) is 15.0. The smallest absolute Gasteiger partial charge is 0.255 e. The lowest BCUT2D eigenvalue weighted by Crippen LogP contribution is -2.54. The lowest BCUT2D eigenvalue weighted by Gasteiger charge is -2.42. The number of hydrogen-bond acceptors (Lipinski definition) is 2. The van der Waals surface area contributed by atoms with Crippen molar-refractivity contribution in [2.45, 2.75) is 40.2 Å². The van der Waals surface area contributed by atoms with Gasteiger partial charge in [0, 0.05) is 36.2 Å². The van der Waals surface area contributed by atoms with Crippen LogP contribution in [0.5, 0.6) is 0 Å². The predicted octanol–water partition coefficient (Wildman–Crippen LogP) is 3.43. The van der Waals surface area contributed by atoms with E-state index in [9.17, 15) is 9.18 Å². The zero-order valence-corrected chi connectivity index (χ0v) is 15.3. The number of hydrogen-bond donors (Lipinski definition) is 1. The summed E-state index contributed by atoms with van der Waals surface area (Å²) in [5.41, 5.74) is 9.50. The van der Waals surface area contributed by atoms with Crippen LogP contribution in [0, 0.1) is 25.1 Å². The number of carbonyl (C=O) groups excluding carboxylic acids is 1. The van der Waals surface area contributed by atoms with Gasteiger partial charge in [-0.15, -0.1) is 0 Å². The molecular formula is C20H26FN3O. The van der Waals surface area contributed by atoms with Crippen LogP contribution in [0.1, 0.15) is 42.0 Å². The van der Waals surface area contributed by atoms with Gasteiger partial charge in [0.05, 0.1) is 5.56 Å². The number of aromatic nitrogens is 1. The third kappa shape index (κ3) is 3.21. The average molecular weight is 343 g/mol. The van der Waals surface area contributed by atoms with Crippen molar-refractivity contribution in [3.8, 4) is 5.69 Å². The van der Waals surface area contributed by atoms with Gasteiger partial charge in [-0.3, -0.25) is 4.79 Å². The van der Waals surface area contributed by atoms with Gasteiger partial charge in [0.15, 0.2) is 0 Å². The highest BCUT2D eigenvalue weighted by molar-refractivity contribution is 5.96. The number of likely N-dealkylation sites (tertiary alicyclic amines) is 1. The van der Waals surface area contributed by atoms with Gasteiger partial charge in [-0.1, -0.05) is 13.8 Å². The molecule has 1 aromatic carbocycles. The van der Waals surface area contributed by atoms with Crippen LogP contribution in [0.15, 0.2) is 30.3 Å². The van der Waals surface area contributed by atoms with E-state index in [0.717, 1.165) is 23.5 Å². The molecule has 25 heavy (non-hydrogen) atoms. The van der Waals surface area contributed by atoms with Crippen LogP contribution in [0.4, 0.5) is 4.39 Å². The molecule has 1 fully saturated rings. The molecule has 1 aliphatic rings. The molecule has 2 N–H and O–H groups in total. The molecule has 0 bridgehead atoms. The highest BCUT2D eigenvalue weighted by Crippen LogP contribution is 2.30. The second kappa shape index (κ2) is 6.30. The largest absolute Gasteiger partial charge is 0.338 e. The molecule has 1 atom stereocenters. The van der Waals surface area contributed by atoms with Gasteiger partial charge in [-0.05, 0) is 56.0 Å². The molecule has 0 aliphatic carbocycles. The lowest BCUT2D eigenvalue weighted by atomic mass is 9.79. The van der Waals surface area contributed by atoms with Gasteiger partial charge in [-0.2, -0.15) is 0 Å². The van der Waals surface area contributed by atoms with Crippen molar-refractivity contribution in [1.29, 1.82) is 0 Å². The first-order valence-electron chi connectivity index (χ1n) is 8.70. The summed E-state index contributed by atoms with van der Waals surface area (Å²) in [7, 11) is 0. The number of aryl methyl sites for hydroxylation is 1. The summed E-state index contributed by atoms with van der Waals surface area (Å²) in [5, 5.41) is 0. The summed E-state index contributed by atoms with van der Waals surface area (Å²) in [5.74, 6) is -0.226. The summed E-state index contributed by atoms with van der Waals surface area (Å²) in [6.07, 6.45) is 0.815. The minimum absolute atomic E-state index is 0.0430. The molecule has 4 nitrogen and oxygen atoms in total. The summed E-state index contributed by atoms with van der Waals surface area (Å²) in [6, 6.07) is 8.36. The SMILES string of the molecule is Cc1cc(C(=O)N2CCC(N)C(C)(C)C2)c(C)n1-c1ccc(F)cc1. The van der Waals surface area contributed by atoms with Gasteiger partial charge in [0.1, 0.15) is 5.82 Å². The maximum atomic E-state index is 13.2. The number of nitrogens with zero attached hydrogens (tertiary/aromatic N) is 2.